The van der Waals surface area contributed by atoms with Crippen molar-refractivity contribution in [1.82, 2.24) is 0 Å². The van der Waals surface area contributed by atoms with Gasteiger partial charge in [-0.15, -0.1) is 0 Å². The van der Waals surface area contributed by atoms with Crippen molar-refractivity contribution in [1.29, 1.82) is 0 Å². The quantitative estimate of drug-likeness (QED) is 0.804. The van der Waals surface area contributed by atoms with Crippen LogP contribution in [0.25, 0.3) is 0 Å². The summed E-state index contributed by atoms with van der Waals surface area (Å²) in [6, 6.07) is 5.10. The standard InChI is InChI=1S/C13H18F2N2O3S/c1-9(8-16)6-7-12(18)17-10-4-2-3-5-11(10)21(19,20)13(14)15/h2-5,9,13H,6-8,16H2,1H3,(H,17,18). The summed E-state index contributed by atoms with van der Waals surface area (Å²) >= 11 is 0. The number of benzene rings is 1. The molecular formula is C13H18F2N2O3S. The molecule has 8 heteroatoms. The zero-order valence-electron chi connectivity index (χ0n) is 11.6. The second kappa shape index (κ2) is 7.46. The van der Waals surface area contributed by atoms with Gasteiger partial charge in [-0.3, -0.25) is 4.79 Å². The lowest BCUT2D eigenvalue weighted by atomic mass is 10.1. The van der Waals surface area contributed by atoms with Crippen molar-refractivity contribution in [2.24, 2.45) is 11.7 Å². The van der Waals surface area contributed by atoms with E-state index in [4.69, 9.17) is 5.73 Å². The number of halogens is 2. The first-order chi connectivity index (χ1) is 9.78. The van der Waals surface area contributed by atoms with Crippen LogP contribution in [0.1, 0.15) is 19.8 Å². The van der Waals surface area contributed by atoms with Gasteiger partial charge in [0.2, 0.25) is 15.7 Å². The highest BCUT2D eigenvalue weighted by atomic mass is 32.2. The topological polar surface area (TPSA) is 89.3 Å². The van der Waals surface area contributed by atoms with Gasteiger partial charge in [-0.1, -0.05) is 19.1 Å². The molecule has 1 aromatic carbocycles. The summed E-state index contributed by atoms with van der Waals surface area (Å²) < 4.78 is 48.3. The van der Waals surface area contributed by atoms with Gasteiger partial charge in [0, 0.05) is 6.42 Å². The number of rotatable bonds is 7. The highest BCUT2D eigenvalue weighted by Crippen LogP contribution is 2.26. The van der Waals surface area contributed by atoms with Crippen molar-refractivity contribution >= 4 is 21.4 Å². The number of carbonyl (C=O) groups is 1. The second-order valence-corrected chi connectivity index (χ2v) is 6.62. The molecule has 118 valence electrons. The number of para-hydroxylation sites is 1. The Morgan fingerprint density at radius 3 is 2.52 bits per heavy atom. The Labute approximate surface area is 122 Å². The van der Waals surface area contributed by atoms with Gasteiger partial charge in [-0.25, -0.2) is 8.42 Å². The van der Waals surface area contributed by atoms with Crippen molar-refractivity contribution in [2.75, 3.05) is 11.9 Å². The van der Waals surface area contributed by atoms with Gasteiger partial charge in [0.05, 0.1) is 10.6 Å². The first kappa shape index (κ1) is 17.5. The minimum atomic E-state index is -4.76. The number of alkyl halides is 2. The highest BCUT2D eigenvalue weighted by molar-refractivity contribution is 7.91. The predicted molar refractivity (Wildman–Crippen MR) is 75.7 cm³/mol. The fraction of sp³-hybridized carbons (Fsp3) is 0.462. The Morgan fingerprint density at radius 1 is 1.33 bits per heavy atom. The Balaban J connectivity index is 2.88. The molecule has 0 spiro atoms. The zero-order valence-corrected chi connectivity index (χ0v) is 12.4. The lowest BCUT2D eigenvalue weighted by Gasteiger charge is -2.12. The monoisotopic (exact) mass is 320 g/mol. The van der Waals surface area contributed by atoms with Crippen LogP contribution in [0, 0.1) is 5.92 Å². The fourth-order valence-corrected chi connectivity index (χ4v) is 2.51. The molecule has 0 radical (unpaired) electrons. The number of sulfone groups is 1. The smallest absolute Gasteiger partial charge is 0.330 e. The van der Waals surface area contributed by atoms with Crippen LogP contribution in [0.15, 0.2) is 29.2 Å². The van der Waals surface area contributed by atoms with E-state index in [1.807, 2.05) is 6.92 Å². The number of carbonyl (C=O) groups excluding carboxylic acids is 1. The van der Waals surface area contributed by atoms with Gasteiger partial charge >= 0.3 is 5.76 Å². The summed E-state index contributed by atoms with van der Waals surface area (Å²) in [5, 5.41) is 2.36. The van der Waals surface area contributed by atoms with Crippen LogP contribution < -0.4 is 11.1 Å². The summed E-state index contributed by atoms with van der Waals surface area (Å²) in [6.07, 6.45) is 0.674. The van der Waals surface area contributed by atoms with Gasteiger partial charge < -0.3 is 11.1 Å². The molecule has 5 nitrogen and oxygen atoms in total. The maximum Gasteiger partial charge on any atom is 0.341 e. The number of hydrogen-bond donors (Lipinski definition) is 2. The third-order valence-electron chi connectivity index (χ3n) is 2.97. The van der Waals surface area contributed by atoms with Crippen molar-refractivity contribution < 1.29 is 22.0 Å². The molecule has 0 aliphatic rings. The number of anilines is 1. The third-order valence-corrected chi connectivity index (χ3v) is 4.41. The summed E-state index contributed by atoms with van der Waals surface area (Å²) in [6.45, 7) is 2.31. The maximum absolute atomic E-state index is 12.6. The average molecular weight is 320 g/mol. The molecule has 1 atom stereocenters. The van der Waals surface area contributed by atoms with Gasteiger partial charge in [0.1, 0.15) is 0 Å². The molecule has 0 aliphatic heterocycles. The van der Waals surface area contributed by atoms with E-state index in [-0.39, 0.29) is 18.0 Å². The molecule has 0 saturated heterocycles. The van der Waals surface area contributed by atoms with E-state index in [1.54, 1.807) is 0 Å². The number of amides is 1. The minimum absolute atomic E-state index is 0.136. The molecule has 1 amide bonds. The van der Waals surface area contributed by atoms with Crippen LogP contribution in [-0.2, 0) is 14.6 Å². The van der Waals surface area contributed by atoms with E-state index in [2.05, 4.69) is 5.32 Å². The van der Waals surface area contributed by atoms with E-state index >= 15 is 0 Å². The van der Waals surface area contributed by atoms with E-state index in [1.165, 1.54) is 18.2 Å². The van der Waals surface area contributed by atoms with Gasteiger partial charge in [0.25, 0.3) is 0 Å². The first-order valence-electron chi connectivity index (χ1n) is 6.40. The maximum atomic E-state index is 12.6. The van der Waals surface area contributed by atoms with Crippen LogP contribution in [-0.4, -0.2) is 26.6 Å². The Bertz CT molecular complexity index is 591. The largest absolute Gasteiger partial charge is 0.341 e. The van der Waals surface area contributed by atoms with Gasteiger partial charge in [-0.05, 0) is 31.0 Å². The second-order valence-electron chi connectivity index (χ2n) is 4.73. The average Bonchev–Trinajstić information content (AvgIpc) is 2.44. The third kappa shape index (κ3) is 4.75. The van der Waals surface area contributed by atoms with Crippen LogP contribution in [0.3, 0.4) is 0 Å². The molecule has 0 aromatic heterocycles. The Kier molecular flexibility index (Phi) is 6.22. The first-order valence-corrected chi connectivity index (χ1v) is 7.94. The van der Waals surface area contributed by atoms with Crippen molar-refractivity contribution in [3.63, 3.8) is 0 Å². The molecule has 1 rings (SSSR count). The van der Waals surface area contributed by atoms with Crippen LogP contribution in [0.5, 0.6) is 0 Å². The molecule has 3 N–H and O–H groups in total. The Hall–Kier alpha value is -1.54. The molecule has 1 unspecified atom stereocenters. The lowest BCUT2D eigenvalue weighted by molar-refractivity contribution is -0.116. The summed E-state index contributed by atoms with van der Waals surface area (Å²) in [5.41, 5.74) is 5.30. The minimum Gasteiger partial charge on any atom is -0.330 e. The predicted octanol–water partition coefficient (Wildman–Crippen LogP) is 2.00. The summed E-state index contributed by atoms with van der Waals surface area (Å²) in [5.74, 6) is -3.82. The molecule has 0 bridgehead atoms. The summed E-state index contributed by atoms with van der Waals surface area (Å²) in [4.78, 5) is 11.2. The van der Waals surface area contributed by atoms with Crippen LogP contribution in [0.4, 0.5) is 14.5 Å². The zero-order chi connectivity index (χ0) is 16.0. The van der Waals surface area contributed by atoms with Crippen molar-refractivity contribution in [2.45, 2.75) is 30.4 Å². The molecular weight excluding hydrogens is 302 g/mol. The normalized spacial score (nSPS) is 13.2. The van der Waals surface area contributed by atoms with E-state index < -0.39 is 26.4 Å². The fourth-order valence-electron chi connectivity index (χ4n) is 1.62. The van der Waals surface area contributed by atoms with Gasteiger partial charge in [0.15, 0.2) is 0 Å². The molecule has 0 fully saturated rings. The van der Waals surface area contributed by atoms with Crippen molar-refractivity contribution in [3.05, 3.63) is 24.3 Å². The number of nitrogens with one attached hydrogen (secondary N) is 1. The van der Waals surface area contributed by atoms with Gasteiger partial charge in [-0.2, -0.15) is 8.78 Å². The van der Waals surface area contributed by atoms with E-state index in [9.17, 15) is 22.0 Å². The Morgan fingerprint density at radius 2 is 1.95 bits per heavy atom. The molecule has 0 aliphatic carbocycles. The van der Waals surface area contributed by atoms with Crippen LogP contribution in [0.2, 0.25) is 0 Å². The summed E-state index contributed by atoms with van der Waals surface area (Å²) in [7, 11) is -4.76. The number of nitrogens with two attached hydrogens (primary N) is 1. The molecule has 21 heavy (non-hydrogen) atoms. The number of hydrogen-bond acceptors (Lipinski definition) is 4. The molecule has 0 heterocycles. The lowest BCUT2D eigenvalue weighted by Crippen LogP contribution is -2.19. The molecule has 0 saturated carbocycles. The van der Waals surface area contributed by atoms with Crippen molar-refractivity contribution in [3.8, 4) is 0 Å². The molecule has 1 aromatic rings. The van der Waals surface area contributed by atoms with Crippen LogP contribution >= 0.6 is 0 Å². The van der Waals surface area contributed by atoms with E-state index in [0.717, 1.165) is 6.07 Å². The van der Waals surface area contributed by atoms with E-state index in [0.29, 0.717) is 13.0 Å². The SMILES string of the molecule is CC(CN)CCC(=O)Nc1ccccc1S(=O)(=O)C(F)F. The highest BCUT2D eigenvalue weighted by Gasteiger charge is 2.29.